The van der Waals surface area contributed by atoms with Gasteiger partial charge in [-0.1, -0.05) is 11.6 Å². The number of aromatic nitrogens is 3. The SMILES string of the molecule is O=C(Cn1cc(C(F)(F)F)cc(Cl)c1=O)N1CCC(c2ncc[nH]2)CC1. The highest BCUT2D eigenvalue weighted by Crippen LogP contribution is 2.30. The highest BCUT2D eigenvalue weighted by atomic mass is 35.5. The number of halogens is 4. The van der Waals surface area contributed by atoms with E-state index in [2.05, 4.69) is 9.97 Å². The summed E-state index contributed by atoms with van der Waals surface area (Å²) in [6, 6.07) is 0.569. The van der Waals surface area contributed by atoms with Crippen molar-refractivity contribution in [1.82, 2.24) is 19.4 Å². The summed E-state index contributed by atoms with van der Waals surface area (Å²) in [7, 11) is 0. The Morgan fingerprint density at radius 2 is 2.04 bits per heavy atom. The number of likely N-dealkylation sites (tertiary alicyclic amines) is 1. The van der Waals surface area contributed by atoms with Crippen molar-refractivity contribution in [2.45, 2.75) is 31.5 Å². The summed E-state index contributed by atoms with van der Waals surface area (Å²) in [5, 5.41) is -0.566. The van der Waals surface area contributed by atoms with Crippen molar-refractivity contribution in [1.29, 1.82) is 0 Å². The molecule has 1 amide bonds. The molecule has 0 saturated carbocycles. The Morgan fingerprint density at radius 1 is 1.35 bits per heavy atom. The van der Waals surface area contributed by atoms with E-state index in [4.69, 9.17) is 11.6 Å². The predicted octanol–water partition coefficient (Wildman–Crippen LogP) is 2.65. The van der Waals surface area contributed by atoms with Gasteiger partial charge in [-0.05, 0) is 18.9 Å². The average Bonchev–Trinajstić information content (AvgIpc) is 3.12. The number of amides is 1. The van der Waals surface area contributed by atoms with Gasteiger partial charge in [0.1, 0.15) is 17.4 Å². The minimum Gasteiger partial charge on any atom is -0.348 e. The van der Waals surface area contributed by atoms with Gasteiger partial charge in [-0.25, -0.2) is 4.98 Å². The molecular formula is C16H16ClF3N4O2. The van der Waals surface area contributed by atoms with Crippen LogP contribution < -0.4 is 5.56 Å². The van der Waals surface area contributed by atoms with Crippen LogP contribution in [0.4, 0.5) is 13.2 Å². The monoisotopic (exact) mass is 388 g/mol. The second kappa shape index (κ2) is 7.14. The molecule has 2 aromatic heterocycles. The number of hydrogen-bond donors (Lipinski definition) is 1. The number of pyridine rings is 1. The minimum atomic E-state index is -4.65. The van der Waals surface area contributed by atoms with E-state index in [0.29, 0.717) is 42.8 Å². The molecule has 1 saturated heterocycles. The Labute approximate surface area is 151 Å². The fourth-order valence-corrected chi connectivity index (χ4v) is 3.25. The maximum Gasteiger partial charge on any atom is 0.417 e. The van der Waals surface area contributed by atoms with E-state index in [-0.39, 0.29) is 5.92 Å². The zero-order valence-corrected chi connectivity index (χ0v) is 14.3. The van der Waals surface area contributed by atoms with Crippen LogP contribution in [0.2, 0.25) is 5.02 Å². The third-order valence-corrected chi connectivity index (χ3v) is 4.70. The summed E-state index contributed by atoms with van der Waals surface area (Å²) >= 11 is 5.60. The van der Waals surface area contributed by atoms with Crippen molar-refractivity contribution in [2.75, 3.05) is 13.1 Å². The van der Waals surface area contributed by atoms with Gasteiger partial charge in [0.15, 0.2) is 0 Å². The topological polar surface area (TPSA) is 71.0 Å². The van der Waals surface area contributed by atoms with E-state index >= 15 is 0 Å². The zero-order valence-electron chi connectivity index (χ0n) is 13.6. The van der Waals surface area contributed by atoms with Gasteiger partial charge in [0.05, 0.1) is 5.56 Å². The Kier molecular flexibility index (Phi) is 5.08. The van der Waals surface area contributed by atoms with Gasteiger partial charge in [0.2, 0.25) is 5.91 Å². The summed E-state index contributed by atoms with van der Waals surface area (Å²) in [4.78, 5) is 33.1. The van der Waals surface area contributed by atoms with Crippen molar-refractivity contribution in [3.8, 4) is 0 Å². The van der Waals surface area contributed by atoms with Crippen LogP contribution in [0.25, 0.3) is 0 Å². The van der Waals surface area contributed by atoms with Crippen LogP contribution in [-0.4, -0.2) is 38.4 Å². The van der Waals surface area contributed by atoms with E-state index in [1.807, 2.05) is 0 Å². The van der Waals surface area contributed by atoms with Gasteiger partial charge in [0.25, 0.3) is 5.56 Å². The fraction of sp³-hybridized carbons (Fsp3) is 0.438. The summed E-state index contributed by atoms with van der Waals surface area (Å²) in [6.07, 6.45) is 0.757. The van der Waals surface area contributed by atoms with E-state index in [1.54, 1.807) is 17.3 Å². The molecule has 0 aliphatic carbocycles. The third-order valence-electron chi connectivity index (χ3n) is 4.43. The number of H-pyrrole nitrogens is 1. The molecular weight excluding hydrogens is 373 g/mol. The van der Waals surface area contributed by atoms with Crippen LogP contribution in [0.5, 0.6) is 0 Å². The second-order valence-corrected chi connectivity index (χ2v) is 6.54. The number of alkyl halides is 3. The quantitative estimate of drug-likeness (QED) is 0.878. The number of aromatic amines is 1. The number of carbonyl (C=O) groups excluding carboxylic acids is 1. The third kappa shape index (κ3) is 3.92. The molecule has 6 nitrogen and oxygen atoms in total. The van der Waals surface area contributed by atoms with Crippen LogP contribution in [0.1, 0.15) is 30.1 Å². The van der Waals surface area contributed by atoms with E-state index in [0.717, 1.165) is 5.82 Å². The Bertz CT molecular complexity index is 840. The highest BCUT2D eigenvalue weighted by molar-refractivity contribution is 6.30. The number of nitrogens with zero attached hydrogens (tertiary/aromatic N) is 3. The van der Waals surface area contributed by atoms with Crippen molar-refractivity contribution < 1.29 is 18.0 Å². The first kappa shape index (κ1) is 18.5. The molecule has 2 aromatic rings. The molecule has 1 fully saturated rings. The predicted molar refractivity (Wildman–Crippen MR) is 87.9 cm³/mol. The van der Waals surface area contributed by atoms with Crippen molar-refractivity contribution in [2.24, 2.45) is 0 Å². The Balaban J connectivity index is 1.69. The molecule has 0 spiro atoms. The minimum absolute atomic E-state index is 0.208. The Morgan fingerprint density at radius 3 is 2.62 bits per heavy atom. The number of imidazole rings is 1. The first-order valence-corrected chi connectivity index (χ1v) is 8.37. The number of rotatable bonds is 3. The highest BCUT2D eigenvalue weighted by Gasteiger charge is 2.32. The van der Waals surface area contributed by atoms with Gasteiger partial charge < -0.3 is 14.5 Å². The molecule has 3 heterocycles. The summed E-state index contributed by atoms with van der Waals surface area (Å²) in [6.45, 7) is 0.422. The first-order chi connectivity index (χ1) is 12.3. The molecule has 0 bridgehead atoms. The molecule has 0 aromatic carbocycles. The summed E-state index contributed by atoms with van der Waals surface area (Å²) in [5.41, 5.74) is -1.88. The van der Waals surface area contributed by atoms with Crippen LogP contribution in [0.15, 0.2) is 29.5 Å². The lowest BCUT2D eigenvalue weighted by molar-refractivity contribution is -0.139. The number of carbonyl (C=O) groups is 1. The standard InChI is InChI=1S/C16H16ClF3N4O2/c17-12-7-11(16(18,19)20)8-24(15(12)26)9-13(25)23-5-1-10(2-6-23)14-21-3-4-22-14/h3-4,7-8,10H,1-2,5-6,9H2,(H,21,22). The second-order valence-electron chi connectivity index (χ2n) is 6.14. The van der Waals surface area contributed by atoms with Crippen LogP contribution in [0, 0.1) is 0 Å². The molecule has 0 unspecified atom stereocenters. The van der Waals surface area contributed by atoms with Crippen molar-refractivity contribution in [3.05, 3.63) is 51.4 Å². The molecule has 1 N–H and O–H groups in total. The maximum absolute atomic E-state index is 12.9. The van der Waals surface area contributed by atoms with Crippen molar-refractivity contribution in [3.63, 3.8) is 0 Å². The van der Waals surface area contributed by atoms with Gasteiger partial charge >= 0.3 is 6.18 Å². The molecule has 1 aliphatic rings. The normalized spacial score (nSPS) is 16.1. The lowest BCUT2D eigenvalue weighted by Crippen LogP contribution is -2.41. The van der Waals surface area contributed by atoms with Crippen LogP contribution in [-0.2, 0) is 17.5 Å². The van der Waals surface area contributed by atoms with E-state index < -0.39 is 34.8 Å². The summed E-state index contributed by atoms with van der Waals surface area (Å²) < 4.78 is 39.3. The lowest BCUT2D eigenvalue weighted by Gasteiger charge is -2.31. The molecule has 140 valence electrons. The van der Waals surface area contributed by atoms with Gasteiger partial charge in [0, 0.05) is 37.6 Å². The molecule has 1 aliphatic heterocycles. The first-order valence-electron chi connectivity index (χ1n) is 8.00. The maximum atomic E-state index is 12.9. The van der Waals surface area contributed by atoms with Gasteiger partial charge in [-0.2, -0.15) is 13.2 Å². The van der Waals surface area contributed by atoms with Gasteiger partial charge in [-0.3, -0.25) is 9.59 Å². The number of hydrogen-bond acceptors (Lipinski definition) is 3. The number of nitrogens with one attached hydrogen (secondary N) is 1. The van der Waals surface area contributed by atoms with Gasteiger partial charge in [-0.15, -0.1) is 0 Å². The molecule has 26 heavy (non-hydrogen) atoms. The average molecular weight is 389 g/mol. The van der Waals surface area contributed by atoms with Crippen LogP contribution >= 0.6 is 11.6 Å². The summed E-state index contributed by atoms with van der Waals surface area (Å²) in [5.74, 6) is 0.651. The Hall–Kier alpha value is -2.29. The smallest absolute Gasteiger partial charge is 0.348 e. The molecule has 0 atom stereocenters. The fourth-order valence-electron chi connectivity index (χ4n) is 3.02. The zero-order chi connectivity index (χ0) is 18.9. The largest absolute Gasteiger partial charge is 0.417 e. The molecule has 0 radical (unpaired) electrons. The van der Waals surface area contributed by atoms with Crippen molar-refractivity contribution >= 4 is 17.5 Å². The van der Waals surface area contributed by atoms with E-state index in [1.165, 1.54) is 0 Å². The lowest BCUT2D eigenvalue weighted by atomic mass is 9.96. The molecule has 3 rings (SSSR count). The van der Waals surface area contributed by atoms with E-state index in [9.17, 15) is 22.8 Å². The number of piperidine rings is 1. The molecule has 10 heteroatoms. The van der Waals surface area contributed by atoms with Crippen LogP contribution in [0.3, 0.4) is 0 Å².